The first-order chi connectivity index (χ1) is 19.5. The van der Waals surface area contributed by atoms with Crippen LogP contribution >= 0.6 is 11.3 Å². The highest BCUT2D eigenvalue weighted by molar-refractivity contribution is 7.13. The van der Waals surface area contributed by atoms with Crippen molar-refractivity contribution in [3.8, 4) is 11.1 Å². The smallest absolute Gasteiger partial charge is 0.248 e. The molecule has 4 aromatic rings. The first kappa shape index (κ1) is 27.8. The maximum atomic E-state index is 14.1. The number of nitrogens with one attached hydrogen (secondary N) is 2. The van der Waals surface area contributed by atoms with E-state index in [1.54, 1.807) is 30.8 Å². The standard InChI is InChI=1S/C31H32FN5O2S/c1-36(29(25-3-2-4-28(32)18-25)30(39)35-31-34-13-16-40-31)20-26-10-9-24(17-27(26)21-38)23-7-5-22(6-8-23)19-37-14-11-33-12-15-37/h2-10,13,16-18,21,29,33H,11-12,14-15,19-20H2,1H3,(H,34,35,39). The van der Waals surface area contributed by atoms with Crippen molar-refractivity contribution in [2.24, 2.45) is 0 Å². The van der Waals surface area contributed by atoms with Crippen molar-refractivity contribution >= 4 is 28.7 Å². The lowest BCUT2D eigenvalue weighted by Gasteiger charge is -2.28. The van der Waals surface area contributed by atoms with Gasteiger partial charge in [-0.3, -0.25) is 19.4 Å². The van der Waals surface area contributed by atoms with Crippen LogP contribution in [0.1, 0.15) is 33.1 Å². The fourth-order valence-corrected chi connectivity index (χ4v) is 5.59. The Bertz CT molecular complexity index is 1440. The Morgan fingerprint density at radius 2 is 1.90 bits per heavy atom. The molecule has 2 heterocycles. The number of nitrogens with zero attached hydrogens (tertiary/aromatic N) is 3. The molecule has 1 saturated heterocycles. The Morgan fingerprint density at radius 3 is 2.60 bits per heavy atom. The number of aldehydes is 1. The van der Waals surface area contributed by atoms with Crippen molar-refractivity contribution < 1.29 is 14.0 Å². The fraction of sp³-hybridized carbons (Fsp3) is 0.258. The number of anilines is 1. The van der Waals surface area contributed by atoms with Crippen LogP contribution in [0.15, 0.2) is 78.3 Å². The molecule has 1 amide bonds. The number of aromatic nitrogens is 1. The van der Waals surface area contributed by atoms with Gasteiger partial charge < -0.3 is 10.6 Å². The van der Waals surface area contributed by atoms with Gasteiger partial charge >= 0.3 is 0 Å². The molecule has 1 unspecified atom stereocenters. The Labute approximate surface area is 237 Å². The number of rotatable bonds is 10. The molecule has 0 radical (unpaired) electrons. The lowest BCUT2D eigenvalue weighted by molar-refractivity contribution is -0.121. The molecular formula is C31H32FN5O2S. The van der Waals surface area contributed by atoms with Gasteiger partial charge in [0.25, 0.3) is 0 Å². The average Bonchev–Trinajstić information content (AvgIpc) is 3.47. The lowest BCUT2D eigenvalue weighted by Crippen LogP contribution is -2.42. The summed E-state index contributed by atoms with van der Waals surface area (Å²) in [6, 6.07) is 19.5. The summed E-state index contributed by atoms with van der Waals surface area (Å²) in [4.78, 5) is 33.8. The first-order valence-corrected chi connectivity index (χ1v) is 14.1. The summed E-state index contributed by atoms with van der Waals surface area (Å²) < 4.78 is 14.1. The van der Waals surface area contributed by atoms with E-state index < -0.39 is 11.9 Å². The van der Waals surface area contributed by atoms with Gasteiger partial charge in [0.15, 0.2) is 5.13 Å². The molecule has 2 N–H and O–H groups in total. The number of amides is 1. The highest BCUT2D eigenvalue weighted by atomic mass is 32.1. The molecule has 0 saturated carbocycles. The van der Waals surface area contributed by atoms with E-state index in [1.807, 2.05) is 23.1 Å². The predicted octanol–water partition coefficient (Wildman–Crippen LogP) is 4.98. The number of thiazole rings is 1. The van der Waals surface area contributed by atoms with E-state index in [1.165, 1.54) is 29.0 Å². The Hall–Kier alpha value is -3.76. The van der Waals surface area contributed by atoms with E-state index in [-0.39, 0.29) is 5.91 Å². The SMILES string of the molecule is CN(Cc1ccc(-c2ccc(CN3CCNCC3)cc2)cc1C=O)C(C(=O)Nc1nccs1)c1cccc(F)c1. The number of benzene rings is 3. The second kappa shape index (κ2) is 13.1. The molecule has 1 aliphatic rings. The molecule has 0 aliphatic carbocycles. The van der Waals surface area contributed by atoms with Gasteiger partial charge in [-0.1, -0.05) is 48.5 Å². The van der Waals surface area contributed by atoms with Crippen molar-refractivity contribution in [3.63, 3.8) is 0 Å². The number of halogens is 1. The number of piperazine rings is 1. The van der Waals surface area contributed by atoms with Crippen LogP contribution in [0.5, 0.6) is 0 Å². The maximum absolute atomic E-state index is 14.1. The van der Waals surface area contributed by atoms with Gasteiger partial charge in [-0.25, -0.2) is 9.37 Å². The third-order valence-corrected chi connectivity index (χ3v) is 7.80. The highest BCUT2D eigenvalue weighted by Gasteiger charge is 2.27. The Balaban J connectivity index is 1.33. The van der Waals surface area contributed by atoms with E-state index >= 15 is 0 Å². The summed E-state index contributed by atoms with van der Waals surface area (Å²) in [7, 11) is 1.79. The molecule has 206 valence electrons. The van der Waals surface area contributed by atoms with Gasteiger partial charge in [-0.15, -0.1) is 11.3 Å². The summed E-state index contributed by atoms with van der Waals surface area (Å²) in [6.45, 7) is 5.38. The minimum absolute atomic E-state index is 0.310. The zero-order chi connectivity index (χ0) is 27.9. The topological polar surface area (TPSA) is 77.6 Å². The molecule has 3 aromatic carbocycles. The average molecular weight is 558 g/mol. The normalized spacial score (nSPS) is 14.7. The number of hydrogen-bond acceptors (Lipinski definition) is 7. The van der Waals surface area contributed by atoms with Crippen LogP contribution < -0.4 is 10.6 Å². The van der Waals surface area contributed by atoms with Gasteiger partial charge in [0.2, 0.25) is 5.91 Å². The van der Waals surface area contributed by atoms with Gasteiger partial charge in [0.1, 0.15) is 18.1 Å². The van der Waals surface area contributed by atoms with E-state index in [2.05, 4.69) is 44.8 Å². The monoisotopic (exact) mass is 557 g/mol. The zero-order valence-corrected chi connectivity index (χ0v) is 23.2. The van der Waals surface area contributed by atoms with Crippen molar-refractivity contribution in [3.05, 3.63) is 106 Å². The van der Waals surface area contributed by atoms with E-state index in [0.29, 0.717) is 22.8 Å². The second-order valence-corrected chi connectivity index (χ2v) is 10.8. The van der Waals surface area contributed by atoms with Gasteiger partial charge in [-0.2, -0.15) is 0 Å². The summed E-state index contributed by atoms with van der Waals surface area (Å²) in [5.41, 5.74) is 5.09. The lowest BCUT2D eigenvalue weighted by atomic mass is 9.97. The third-order valence-electron chi connectivity index (χ3n) is 7.11. The largest absolute Gasteiger partial charge is 0.314 e. The van der Waals surface area contributed by atoms with Crippen LogP contribution in [0.2, 0.25) is 0 Å². The van der Waals surface area contributed by atoms with E-state index in [9.17, 15) is 14.0 Å². The molecule has 9 heteroatoms. The van der Waals surface area contributed by atoms with Crippen LogP contribution in [-0.4, -0.2) is 60.2 Å². The number of carbonyl (C=O) groups is 2. The quantitative estimate of drug-likeness (QED) is 0.268. The summed E-state index contributed by atoms with van der Waals surface area (Å²) in [5.74, 6) is -0.747. The number of likely N-dealkylation sites (N-methyl/N-ethyl adjacent to an activating group) is 1. The van der Waals surface area contributed by atoms with Crippen LogP contribution in [0.3, 0.4) is 0 Å². The maximum Gasteiger partial charge on any atom is 0.248 e. The van der Waals surface area contributed by atoms with Crippen LogP contribution in [0, 0.1) is 5.82 Å². The minimum atomic E-state index is -0.790. The summed E-state index contributed by atoms with van der Waals surface area (Å²) in [5, 5.41) is 8.44. The summed E-state index contributed by atoms with van der Waals surface area (Å²) >= 11 is 1.31. The van der Waals surface area contributed by atoms with Crippen molar-refractivity contribution in [2.75, 3.05) is 38.5 Å². The zero-order valence-electron chi connectivity index (χ0n) is 22.3. The third kappa shape index (κ3) is 6.86. The Kier molecular flexibility index (Phi) is 9.08. The predicted molar refractivity (Wildman–Crippen MR) is 157 cm³/mol. The molecule has 7 nitrogen and oxygen atoms in total. The number of carbonyl (C=O) groups excluding carboxylic acids is 2. The molecule has 1 atom stereocenters. The summed E-state index contributed by atoms with van der Waals surface area (Å²) in [6.07, 6.45) is 2.46. The van der Waals surface area contributed by atoms with Crippen LogP contribution in [0.25, 0.3) is 11.1 Å². The molecule has 0 spiro atoms. The molecule has 5 rings (SSSR count). The first-order valence-electron chi connectivity index (χ1n) is 13.3. The van der Waals surface area contributed by atoms with Crippen molar-refractivity contribution in [2.45, 2.75) is 19.1 Å². The van der Waals surface area contributed by atoms with E-state index in [0.717, 1.165) is 55.7 Å². The molecular weight excluding hydrogens is 525 g/mol. The van der Waals surface area contributed by atoms with Crippen molar-refractivity contribution in [1.29, 1.82) is 0 Å². The van der Waals surface area contributed by atoms with E-state index in [4.69, 9.17) is 0 Å². The minimum Gasteiger partial charge on any atom is -0.314 e. The van der Waals surface area contributed by atoms with Gasteiger partial charge in [0, 0.05) is 56.4 Å². The second-order valence-electron chi connectivity index (χ2n) is 9.95. The highest BCUT2D eigenvalue weighted by Crippen LogP contribution is 2.28. The van der Waals surface area contributed by atoms with Gasteiger partial charge in [0.05, 0.1) is 0 Å². The van der Waals surface area contributed by atoms with Crippen LogP contribution in [-0.2, 0) is 17.9 Å². The molecule has 1 aromatic heterocycles. The molecule has 0 bridgehead atoms. The molecule has 1 fully saturated rings. The van der Waals surface area contributed by atoms with Crippen molar-refractivity contribution in [1.82, 2.24) is 20.1 Å². The fourth-order valence-electron chi connectivity index (χ4n) is 5.06. The molecule has 40 heavy (non-hydrogen) atoms. The van der Waals surface area contributed by atoms with Crippen LogP contribution in [0.4, 0.5) is 9.52 Å². The molecule has 1 aliphatic heterocycles. The van der Waals surface area contributed by atoms with Gasteiger partial charge in [-0.05, 0) is 53.1 Å². The number of hydrogen-bond donors (Lipinski definition) is 2. The Morgan fingerprint density at radius 1 is 1.12 bits per heavy atom.